The number of hydrogen-bond acceptors (Lipinski definition) is 3. The quantitative estimate of drug-likeness (QED) is 0.823. The van der Waals surface area contributed by atoms with Crippen LogP contribution in [0.2, 0.25) is 0 Å². The first-order chi connectivity index (χ1) is 7.56. The minimum Gasteiger partial charge on any atom is -0.313 e. The molecular formula is C10H10BrN3O2. The number of hydrogen-bond donors (Lipinski definition) is 1. The number of fused-ring (bicyclic) bond motifs is 1. The third kappa shape index (κ3) is 1.50. The third-order valence-corrected chi connectivity index (χ3v) is 2.99. The summed E-state index contributed by atoms with van der Waals surface area (Å²) in [7, 11) is 1.61. The fourth-order valence-corrected chi connectivity index (χ4v) is 1.99. The van der Waals surface area contributed by atoms with Gasteiger partial charge in [-0.2, -0.15) is 0 Å². The summed E-state index contributed by atoms with van der Waals surface area (Å²) in [6.07, 6.45) is 0. The number of nitrogens with two attached hydrogens (primary N) is 1. The van der Waals surface area contributed by atoms with Crippen LogP contribution in [0, 0.1) is 0 Å². The second-order valence-electron chi connectivity index (χ2n) is 3.42. The summed E-state index contributed by atoms with van der Waals surface area (Å²) in [6.45, 7) is -0.114. The van der Waals surface area contributed by atoms with Crippen molar-refractivity contribution in [1.82, 2.24) is 9.13 Å². The van der Waals surface area contributed by atoms with Gasteiger partial charge in [-0.05, 0) is 18.2 Å². The topological polar surface area (TPSA) is 70.0 Å². The zero-order valence-corrected chi connectivity index (χ0v) is 10.2. The predicted molar refractivity (Wildman–Crippen MR) is 65.3 cm³/mol. The fourth-order valence-electron chi connectivity index (χ4n) is 1.64. The van der Waals surface area contributed by atoms with Crippen LogP contribution in [-0.4, -0.2) is 9.13 Å². The summed E-state index contributed by atoms with van der Waals surface area (Å²) in [5, 5.41) is 0.482. The van der Waals surface area contributed by atoms with Gasteiger partial charge in [0.1, 0.15) is 0 Å². The monoisotopic (exact) mass is 283 g/mol. The highest BCUT2D eigenvalue weighted by atomic mass is 79.9. The summed E-state index contributed by atoms with van der Waals surface area (Å²) in [4.78, 5) is 23.7. The lowest BCUT2D eigenvalue weighted by molar-refractivity contribution is 0.623. The van der Waals surface area contributed by atoms with Crippen LogP contribution in [0.3, 0.4) is 0 Å². The SMILES string of the molecule is Cn1c(=O)n(CN)c(=O)c2ccc(Br)cc21. The van der Waals surface area contributed by atoms with Gasteiger partial charge >= 0.3 is 5.69 Å². The fraction of sp³-hybridized carbons (Fsp3) is 0.200. The van der Waals surface area contributed by atoms with E-state index < -0.39 is 5.69 Å². The van der Waals surface area contributed by atoms with E-state index >= 15 is 0 Å². The highest BCUT2D eigenvalue weighted by Gasteiger charge is 2.09. The second kappa shape index (κ2) is 3.88. The Labute approximate surface area is 99.2 Å². The van der Waals surface area contributed by atoms with Crippen LogP contribution in [0.1, 0.15) is 0 Å². The van der Waals surface area contributed by atoms with Gasteiger partial charge in [-0.15, -0.1) is 0 Å². The Morgan fingerprint density at radius 1 is 1.38 bits per heavy atom. The molecule has 6 heteroatoms. The molecule has 0 aliphatic carbocycles. The molecule has 2 aromatic rings. The Morgan fingerprint density at radius 2 is 2.06 bits per heavy atom. The van der Waals surface area contributed by atoms with Crippen molar-refractivity contribution in [1.29, 1.82) is 0 Å². The van der Waals surface area contributed by atoms with Crippen molar-refractivity contribution in [2.75, 3.05) is 0 Å². The molecule has 2 rings (SSSR count). The van der Waals surface area contributed by atoms with E-state index in [-0.39, 0.29) is 12.2 Å². The number of aromatic nitrogens is 2. The first-order valence-electron chi connectivity index (χ1n) is 4.65. The summed E-state index contributed by atoms with van der Waals surface area (Å²) >= 11 is 3.30. The molecule has 1 heterocycles. The van der Waals surface area contributed by atoms with Crippen molar-refractivity contribution in [2.45, 2.75) is 6.67 Å². The molecular weight excluding hydrogens is 274 g/mol. The van der Waals surface area contributed by atoms with Crippen LogP contribution < -0.4 is 17.0 Å². The number of benzene rings is 1. The number of halogens is 1. The highest BCUT2D eigenvalue weighted by Crippen LogP contribution is 2.15. The standard InChI is InChI=1S/C10H10BrN3O2/c1-13-8-4-6(11)2-3-7(8)9(15)14(5-12)10(13)16/h2-4H,5,12H2,1H3. The van der Waals surface area contributed by atoms with Gasteiger partial charge in [0, 0.05) is 11.5 Å². The molecule has 0 spiro atoms. The second-order valence-corrected chi connectivity index (χ2v) is 4.33. The molecule has 2 N–H and O–H groups in total. The maximum absolute atomic E-state index is 11.9. The largest absolute Gasteiger partial charge is 0.332 e. The smallest absolute Gasteiger partial charge is 0.313 e. The van der Waals surface area contributed by atoms with E-state index in [1.165, 1.54) is 4.57 Å². The van der Waals surface area contributed by atoms with Crippen LogP contribution >= 0.6 is 15.9 Å². The van der Waals surface area contributed by atoms with Gasteiger partial charge in [-0.3, -0.25) is 9.36 Å². The van der Waals surface area contributed by atoms with E-state index in [1.807, 2.05) is 0 Å². The van der Waals surface area contributed by atoms with E-state index in [0.29, 0.717) is 10.9 Å². The highest BCUT2D eigenvalue weighted by molar-refractivity contribution is 9.10. The zero-order chi connectivity index (χ0) is 11.9. The average molecular weight is 284 g/mol. The van der Waals surface area contributed by atoms with Gasteiger partial charge in [-0.25, -0.2) is 9.36 Å². The van der Waals surface area contributed by atoms with Gasteiger partial charge in [0.15, 0.2) is 0 Å². The van der Waals surface area contributed by atoms with Crippen LogP contribution in [-0.2, 0) is 13.7 Å². The molecule has 0 radical (unpaired) electrons. The van der Waals surface area contributed by atoms with Gasteiger partial charge in [-0.1, -0.05) is 15.9 Å². The molecule has 1 aromatic carbocycles. The van der Waals surface area contributed by atoms with E-state index in [1.54, 1.807) is 25.2 Å². The summed E-state index contributed by atoms with van der Waals surface area (Å²) in [5.41, 5.74) is 5.22. The van der Waals surface area contributed by atoms with Crippen LogP contribution in [0.15, 0.2) is 32.3 Å². The van der Waals surface area contributed by atoms with E-state index in [9.17, 15) is 9.59 Å². The van der Waals surface area contributed by atoms with E-state index in [2.05, 4.69) is 15.9 Å². The molecule has 0 saturated carbocycles. The van der Waals surface area contributed by atoms with Gasteiger partial charge in [0.25, 0.3) is 5.56 Å². The molecule has 1 aromatic heterocycles. The van der Waals surface area contributed by atoms with Crippen molar-refractivity contribution < 1.29 is 0 Å². The molecule has 0 aliphatic rings. The van der Waals surface area contributed by atoms with Crippen molar-refractivity contribution in [3.8, 4) is 0 Å². The van der Waals surface area contributed by atoms with Crippen LogP contribution in [0.5, 0.6) is 0 Å². The Morgan fingerprint density at radius 3 is 2.69 bits per heavy atom. The van der Waals surface area contributed by atoms with Crippen molar-refractivity contribution in [2.24, 2.45) is 12.8 Å². The molecule has 5 nitrogen and oxygen atoms in total. The number of rotatable bonds is 1. The minimum atomic E-state index is -0.405. The lowest BCUT2D eigenvalue weighted by Gasteiger charge is -2.08. The Bertz CT molecular complexity index is 672. The maximum atomic E-state index is 11.9. The molecule has 0 amide bonds. The molecule has 0 aliphatic heterocycles. The first-order valence-corrected chi connectivity index (χ1v) is 5.44. The molecule has 0 saturated heterocycles. The zero-order valence-electron chi connectivity index (χ0n) is 8.61. The molecule has 0 fully saturated rings. The third-order valence-electron chi connectivity index (χ3n) is 2.50. The van der Waals surface area contributed by atoms with Crippen molar-refractivity contribution >= 4 is 26.8 Å². The lowest BCUT2D eigenvalue weighted by Crippen LogP contribution is -2.41. The Balaban J connectivity index is 3.08. The molecule has 0 bridgehead atoms. The summed E-state index contributed by atoms with van der Waals surface area (Å²) in [5.74, 6) is 0. The predicted octanol–water partition coefficient (Wildman–Crippen LogP) is 0.379. The molecule has 0 unspecified atom stereocenters. The molecule has 0 atom stereocenters. The number of nitrogens with zero attached hydrogens (tertiary/aromatic N) is 2. The summed E-state index contributed by atoms with van der Waals surface area (Å²) < 4.78 is 3.24. The number of aryl methyl sites for hydroxylation is 1. The maximum Gasteiger partial charge on any atom is 0.332 e. The van der Waals surface area contributed by atoms with E-state index in [4.69, 9.17) is 5.73 Å². The van der Waals surface area contributed by atoms with E-state index in [0.717, 1.165) is 9.04 Å². The van der Waals surface area contributed by atoms with Gasteiger partial charge in [0.2, 0.25) is 0 Å². The Kier molecular flexibility index (Phi) is 2.69. The normalized spacial score (nSPS) is 10.9. The molecule has 84 valence electrons. The lowest BCUT2D eigenvalue weighted by atomic mass is 10.2. The molecule has 16 heavy (non-hydrogen) atoms. The van der Waals surface area contributed by atoms with Crippen LogP contribution in [0.4, 0.5) is 0 Å². The van der Waals surface area contributed by atoms with Gasteiger partial charge < -0.3 is 5.73 Å². The average Bonchev–Trinajstić information content (AvgIpc) is 2.27. The van der Waals surface area contributed by atoms with Gasteiger partial charge in [0.05, 0.1) is 17.6 Å². The summed E-state index contributed by atoms with van der Waals surface area (Å²) in [6, 6.07) is 5.17. The Hall–Kier alpha value is -1.40. The van der Waals surface area contributed by atoms with Crippen molar-refractivity contribution in [3.05, 3.63) is 43.5 Å². The van der Waals surface area contributed by atoms with Crippen molar-refractivity contribution in [3.63, 3.8) is 0 Å². The van der Waals surface area contributed by atoms with Crippen LogP contribution in [0.25, 0.3) is 10.9 Å². The minimum absolute atomic E-state index is 0.114. The first kappa shape index (κ1) is 11.1.